The van der Waals surface area contributed by atoms with Gasteiger partial charge in [0.15, 0.2) is 0 Å². The molecule has 0 fully saturated rings. The van der Waals surface area contributed by atoms with Crippen LogP contribution in [0.15, 0.2) is 42.5 Å². The maximum absolute atomic E-state index is 12.0. The van der Waals surface area contributed by atoms with Crippen molar-refractivity contribution < 1.29 is 14.6 Å². The zero-order chi connectivity index (χ0) is 15.2. The molecule has 0 spiro atoms. The highest BCUT2D eigenvalue weighted by atomic mass is 35.5. The molecule has 0 aliphatic heterocycles. The van der Waals surface area contributed by atoms with Crippen molar-refractivity contribution in [2.24, 2.45) is 0 Å². The van der Waals surface area contributed by atoms with Gasteiger partial charge in [-0.25, -0.2) is 4.79 Å². The van der Waals surface area contributed by atoms with E-state index in [1.165, 1.54) is 0 Å². The van der Waals surface area contributed by atoms with Gasteiger partial charge >= 0.3 is 5.97 Å². The average molecular weight is 305 g/mol. The Bertz CT molecular complexity index is 620. The normalized spacial score (nSPS) is 10.4. The van der Waals surface area contributed by atoms with Gasteiger partial charge in [0.05, 0.1) is 5.56 Å². The molecule has 0 aliphatic carbocycles. The number of rotatable bonds is 5. The van der Waals surface area contributed by atoms with Crippen LogP contribution in [-0.4, -0.2) is 11.1 Å². The van der Waals surface area contributed by atoms with E-state index in [2.05, 4.69) is 6.92 Å². The molecule has 4 heteroatoms. The molecule has 0 heterocycles. The van der Waals surface area contributed by atoms with E-state index < -0.39 is 5.97 Å². The molecule has 0 amide bonds. The minimum absolute atomic E-state index is 0.231. The highest BCUT2D eigenvalue weighted by Gasteiger charge is 2.10. The predicted molar refractivity (Wildman–Crippen MR) is 83.1 cm³/mol. The Morgan fingerprint density at radius 1 is 1.19 bits per heavy atom. The summed E-state index contributed by atoms with van der Waals surface area (Å²) in [6.45, 7) is 2.08. The quantitative estimate of drug-likeness (QED) is 0.648. The molecule has 0 bridgehead atoms. The lowest BCUT2D eigenvalue weighted by Gasteiger charge is -2.08. The molecule has 3 nitrogen and oxygen atoms in total. The second-order valence-electron chi connectivity index (χ2n) is 4.79. The van der Waals surface area contributed by atoms with Crippen LogP contribution in [0.3, 0.4) is 0 Å². The van der Waals surface area contributed by atoms with Gasteiger partial charge in [-0.3, -0.25) is 0 Å². The molecule has 1 N–H and O–H groups in total. The van der Waals surface area contributed by atoms with Crippen LogP contribution < -0.4 is 4.74 Å². The van der Waals surface area contributed by atoms with Crippen molar-refractivity contribution in [3.63, 3.8) is 0 Å². The van der Waals surface area contributed by atoms with Crippen molar-refractivity contribution >= 4 is 17.6 Å². The average Bonchev–Trinajstić information content (AvgIpc) is 2.48. The summed E-state index contributed by atoms with van der Waals surface area (Å²) < 4.78 is 5.32. The van der Waals surface area contributed by atoms with Gasteiger partial charge in [-0.15, -0.1) is 0 Å². The van der Waals surface area contributed by atoms with Gasteiger partial charge in [-0.2, -0.15) is 0 Å². The fraction of sp³-hybridized carbons (Fsp3) is 0.235. The fourth-order valence-corrected chi connectivity index (χ4v) is 2.07. The largest absolute Gasteiger partial charge is 0.508 e. The van der Waals surface area contributed by atoms with Crippen LogP contribution in [0.1, 0.15) is 35.7 Å². The molecular formula is C17H17ClO3. The van der Waals surface area contributed by atoms with Crippen molar-refractivity contribution in [2.45, 2.75) is 26.2 Å². The first-order chi connectivity index (χ1) is 10.1. The Balaban J connectivity index is 2.11. The van der Waals surface area contributed by atoms with Gasteiger partial charge in [-0.05, 0) is 60.9 Å². The topological polar surface area (TPSA) is 46.5 Å². The van der Waals surface area contributed by atoms with E-state index >= 15 is 0 Å². The van der Waals surface area contributed by atoms with Gasteiger partial charge < -0.3 is 9.84 Å². The maximum atomic E-state index is 12.0. The van der Waals surface area contributed by atoms with Crippen molar-refractivity contribution in [2.75, 3.05) is 0 Å². The smallest absolute Gasteiger partial charge is 0.343 e. The predicted octanol–water partition coefficient (Wildman–Crippen LogP) is 4.61. The number of benzene rings is 2. The maximum Gasteiger partial charge on any atom is 0.343 e. The Morgan fingerprint density at radius 3 is 2.57 bits per heavy atom. The molecule has 0 aliphatic rings. The minimum atomic E-state index is -0.446. The standard InChI is InChI=1S/C17H17ClO3/c1-2-3-4-13-11-15(9-10-16(13)19)21-17(20)12-5-7-14(18)8-6-12/h5-11,19H,2-4H2,1H3. The first-order valence-electron chi connectivity index (χ1n) is 6.90. The minimum Gasteiger partial charge on any atom is -0.508 e. The van der Waals surface area contributed by atoms with E-state index in [1.807, 2.05) is 0 Å². The molecule has 110 valence electrons. The van der Waals surface area contributed by atoms with Crippen molar-refractivity contribution in [1.29, 1.82) is 0 Å². The zero-order valence-electron chi connectivity index (χ0n) is 11.8. The number of carbonyl (C=O) groups is 1. The molecule has 2 rings (SSSR count). The van der Waals surface area contributed by atoms with Crippen molar-refractivity contribution in [3.05, 3.63) is 58.6 Å². The number of ether oxygens (including phenoxy) is 1. The van der Waals surface area contributed by atoms with Crippen LogP contribution in [0.5, 0.6) is 11.5 Å². The summed E-state index contributed by atoms with van der Waals surface area (Å²) in [6.07, 6.45) is 2.77. The van der Waals surface area contributed by atoms with Crippen LogP contribution >= 0.6 is 11.6 Å². The third-order valence-electron chi connectivity index (χ3n) is 3.14. The van der Waals surface area contributed by atoms with E-state index in [1.54, 1.807) is 42.5 Å². The summed E-state index contributed by atoms with van der Waals surface area (Å²) in [5.74, 6) is 0.215. The summed E-state index contributed by atoms with van der Waals surface area (Å²) in [5, 5.41) is 10.4. The lowest BCUT2D eigenvalue weighted by atomic mass is 10.1. The number of unbranched alkanes of at least 4 members (excludes halogenated alkanes) is 1. The van der Waals surface area contributed by atoms with Crippen molar-refractivity contribution in [1.82, 2.24) is 0 Å². The molecule has 0 unspecified atom stereocenters. The fourth-order valence-electron chi connectivity index (χ4n) is 1.94. The van der Waals surface area contributed by atoms with E-state index in [0.29, 0.717) is 16.3 Å². The van der Waals surface area contributed by atoms with Crippen LogP contribution in [0.4, 0.5) is 0 Å². The lowest BCUT2D eigenvalue weighted by Crippen LogP contribution is -2.08. The molecule has 0 saturated heterocycles. The van der Waals surface area contributed by atoms with E-state index in [9.17, 15) is 9.90 Å². The highest BCUT2D eigenvalue weighted by Crippen LogP contribution is 2.25. The Hall–Kier alpha value is -2.00. The van der Waals surface area contributed by atoms with Crippen LogP contribution in [0.25, 0.3) is 0 Å². The zero-order valence-corrected chi connectivity index (χ0v) is 12.6. The molecule has 0 saturated carbocycles. The third kappa shape index (κ3) is 4.23. The van der Waals surface area contributed by atoms with Gasteiger partial charge in [0.25, 0.3) is 0 Å². The van der Waals surface area contributed by atoms with Crippen LogP contribution in [0.2, 0.25) is 5.02 Å². The SMILES string of the molecule is CCCCc1cc(OC(=O)c2ccc(Cl)cc2)ccc1O. The molecule has 0 atom stereocenters. The van der Waals surface area contributed by atoms with Gasteiger partial charge in [-0.1, -0.05) is 24.9 Å². The van der Waals surface area contributed by atoms with Crippen molar-refractivity contribution in [3.8, 4) is 11.5 Å². The number of esters is 1. The Kier molecular flexibility index (Phi) is 5.23. The first kappa shape index (κ1) is 15.4. The lowest BCUT2D eigenvalue weighted by molar-refractivity contribution is 0.0734. The number of hydrogen-bond acceptors (Lipinski definition) is 3. The second-order valence-corrected chi connectivity index (χ2v) is 5.23. The number of hydrogen-bond donors (Lipinski definition) is 1. The Morgan fingerprint density at radius 2 is 1.90 bits per heavy atom. The number of phenols is 1. The van der Waals surface area contributed by atoms with Crippen LogP contribution in [0, 0.1) is 0 Å². The molecule has 0 radical (unpaired) electrons. The number of phenolic OH excluding ortho intramolecular Hbond substituents is 1. The summed E-state index contributed by atoms with van der Waals surface area (Å²) in [6, 6.07) is 11.3. The van der Waals surface area contributed by atoms with Gasteiger partial charge in [0.2, 0.25) is 0 Å². The number of halogens is 1. The molecular weight excluding hydrogens is 288 g/mol. The summed E-state index contributed by atoms with van der Waals surface area (Å²) >= 11 is 5.78. The second kappa shape index (κ2) is 7.14. The van der Waals surface area contributed by atoms with E-state index in [-0.39, 0.29) is 5.75 Å². The Labute approximate surface area is 129 Å². The van der Waals surface area contributed by atoms with Crippen LogP contribution in [-0.2, 0) is 6.42 Å². The molecule has 21 heavy (non-hydrogen) atoms. The molecule has 2 aromatic rings. The third-order valence-corrected chi connectivity index (χ3v) is 3.39. The number of aromatic hydroxyl groups is 1. The number of carbonyl (C=O) groups excluding carboxylic acids is 1. The monoisotopic (exact) mass is 304 g/mol. The highest BCUT2D eigenvalue weighted by molar-refractivity contribution is 6.30. The van der Waals surface area contributed by atoms with Gasteiger partial charge in [0.1, 0.15) is 11.5 Å². The summed E-state index contributed by atoms with van der Waals surface area (Å²) in [4.78, 5) is 12.0. The number of aryl methyl sites for hydroxylation is 1. The van der Waals surface area contributed by atoms with Gasteiger partial charge in [0, 0.05) is 5.02 Å². The first-order valence-corrected chi connectivity index (χ1v) is 7.27. The van der Waals surface area contributed by atoms with E-state index in [0.717, 1.165) is 24.8 Å². The molecule has 2 aromatic carbocycles. The summed E-state index contributed by atoms with van der Waals surface area (Å²) in [5.41, 5.74) is 1.22. The summed E-state index contributed by atoms with van der Waals surface area (Å²) in [7, 11) is 0. The molecule has 0 aromatic heterocycles. The van der Waals surface area contributed by atoms with E-state index in [4.69, 9.17) is 16.3 Å².